The summed E-state index contributed by atoms with van der Waals surface area (Å²) >= 11 is 0. The van der Waals surface area contributed by atoms with Crippen molar-refractivity contribution < 1.29 is 42.7 Å². The van der Waals surface area contributed by atoms with Crippen LogP contribution >= 0.6 is 0 Å². The number of fused-ring (bicyclic) bond motifs is 3. The predicted molar refractivity (Wildman–Crippen MR) is 178 cm³/mol. The number of hydrogen-bond acceptors (Lipinski definition) is 9. The number of hydrogen-bond donors (Lipinski definition) is 1. The van der Waals surface area contributed by atoms with E-state index in [0.29, 0.717) is 99.0 Å². The van der Waals surface area contributed by atoms with Crippen molar-refractivity contribution in [2.24, 2.45) is 0 Å². The Morgan fingerprint density at radius 3 is 1.43 bits per heavy atom. The number of carbonyl (C=O) groups excluding carboxylic acids is 1. The molecular weight excluding hydrogens is 590 g/mol. The van der Waals surface area contributed by atoms with Crippen LogP contribution < -0.4 is 5.32 Å². The molecule has 0 bridgehead atoms. The maximum Gasteiger partial charge on any atom is 0.407 e. The van der Waals surface area contributed by atoms with Gasteiger partial charge in [0.15, 0.2) is 0 Å². The average molecular weight is 646 g/mol. The molecule has 2 aromatic carbocycles. The Labute approximate surface area is 275 Å². The van der Waals surface area contributed by atoms with Crippen LogP contribution in [-0.4, -0.2) is 112 Å². The van der Waals surface area contributed by atoms with E-state index >= 15 is 0 Å². The van der Waals surface area contributed by atoms with Crippen molar-refractivity contribution in [2.45, 2.75) is 44.9 Å². The maximum absolute atomic E-state index is 12.2. The van der Waals surface area contributed by atoms with E-state index in [0.717, 1.165) is 13.0 Å². The second kappa shape index (κ2) is 25.5. The lowest BCUT2D eigenvalue weighted by atomic mass is 9.98. The van der Waals surface area contributed by atoms with Crippen LogP contribution in [0.15, 0.2) is 48.5 Å². The zero-order valence-corrected chi connectivity index (χ0v) is 27.7. The number of carbonyl (C=O) groups is 1. The second-order valence-electron chi connectivity index (χ2n) is 11.0. The molecule has 2 aromatic rings. The van der Waals surface area contributed by atoms with Crippen molar-refractivity contribution in [1.29, 1.82) is 0 Å². The lowest BCUT2D eigenvalue weighted by molar-refractivity contribution is -0.0204. The van der Waals surface area contributed by atoms with Crippen LogP contribution in [0.1, 0.15) is 56.1 Å². The quantitative estimate of drug-likeness (QED) is 0.113. The van der Waals surface area contributed by atoms with Gasteiger partial charge in [0.05, 0.1) is 85.9 Å². The van der Waals surface area contributed by atoms with Gasteiger partial charge in [-0.1, -0.05) is 81.1 Å². The predicted octanol–water partition coefficient (Wildman–Crippen LogP) is 5.61. The lowest BCUT2D eigenvalue weighted by Gasteiger charge is -2.14. The van der Waals surface area contributed by atoms with E-state index in [-0.39, 0.29) is 5.92 Å². The standard InChI is InChI=1S/C36H55NO9/c1-2-3-4-5-10-16-39-18-20-41-22-24-43-26-28-45-29-27-44-25-23-42-21-19-40-17-15-37-36(38)46-30-35-33-13-8-6-11-31(33)32-12-7-9-14-34(32)35/h6-9,11-14,35H,2-5,10,15-30H2,1H3,(H,37,38). The molecule has 0 unspecified atom stereocenters. The van der Waals surface area contributed by atoms with Gasteiger partial charge < -0.3 is 43.2 Å². The molecule has 0 spiro atoms. The summed E-state index contributed by atoms with van der Waals surface area (Å²) in [5.74, 6) is 0.0455. The van der Waals surface area contributed by atoms with Gasteiger partial charge in [-0.3, -0.25) is 0 Å². The van der Waals surface area contributed by atoms with Gasteiger partial charge in [-0.15, -0.1) is 0 Å². The molecule has 1 aliphatic carbocycles. The lowest BCUT2D eigenvalue weighted by Crippen LogP contribution is -2.29. The van der Waals surface area contributed by atoms with Crippen LogP contribution in [0.4, 0.5) is 4.79 Å². The van der Waals surface area contributed by atoms with Gasteiger partial charge in [-0.25, -0.2) is 4.79 Å². The van der Waals surface area contributed by atoms with Crippen molar-refractivity contribution in [3.05, 3.63) is 59.7 Å². The summed E-state index contributed by atoms with van der Waals surface area (Å²) in [4.78, 5) is 12.2. The highest BCUT2D eigenvalue weighted by molar-refractivity contribution is 5.79. The summed E-state index contributed by atoms with van der Waals surface area (Å²) in [6, 6.07) is 16.6. The van der Waals surface area contributed by atoms with Crippen molar-refractivity contribution in [3.8, 4) is 11.1 Å². The van der Waals surface area contributed by atoms with Gasteiger partial charge in [-0.2, -0.15) is 0 Å². The van der Waals surface area contributed by atoms with E-state index in [1.54, 1.807) is 0 Å². The summed E-state index contributed by atoms with van der Waals surface area (Å²) in [6.45, 7) is 10.4. The fourth-order valence-corrected chi connectivity index (χ4v) is 5.10. The number of alkyl carbamates (subject to hydrolysis) is 1. The number of benzene rings is 2. The van der Waals surface area contributed by atoms with E-state index in [2.05, 4.69) is 36.5 Å². The topological polar surface area (TPSA) is 103 Å². The SMILES string of the molecule is CCCCCCCOCCOCCOCCOCCOCCOCCOCCNC(=O)OCC1c2ccccc2-c2ccccc21. The van der Waals surface area contributed by atoms with Crippen LogP contribution in [0.3, 0.4) is 0 Å². The van der Waals surface area contributed by atoms with Crippen molar-refractivity contribution >= 4 is 6.09 Å². The first-order valence-electron chi connectivity index (χ1n) is 16.9. The van der Waals surface area contributed by atoms with Crippen LogP contribution in [0.25, 0.3) is 11.1 Å². The summed E-state index contributed by atoms with van der Waals surface area (Å²) < 4.78 is 44.1. The van der Waals surface area contributed by atoms with Crippen LogP contribution in [0.2, 0.25) is 0 Å². The molecule has 0 saturated carbocycles. The first-order chi connectivity index (χ1) is 22.8. The minimum atomic E-state index is -0.444. The Balaban J connectivity index is 1.00. The van der Waals surface area contributed by atoms with Gasteiger partial charge in [0.1, 0.15) is 6.61 Å². The van der Waals surface area contributed by atoms with Gasteiger partial charge in [-0.05, 0) is 28.7 Å². The fourth-order valence-electron chi connectivity index (χ4n) is 5.10. The van der Waals surface area contributed by atoms with E-state index in [4.69, 9.17) is 37.9 Å². The Bertz CT molecular complexity index is 1010. The molecule has 0 fully saturated rings. The fraction of sp³-hybridized carbons (Fsp3) is 0.639. The first kappa shape index (κ1) is 37.9. The Morgan fingerprint density at radius 2 is 0.957 bits per heavy atom. The Kier molecular flexibility index (Phi) is 21.0. The van der Waals surface area contributed by atoms with Crippen molar-refractivity contribution in [2.75, 3.05) is 106 Å². The Hall–Kier alpha value is -2.57. The zero-order valence-electron chi connectivity index (χ0n) is 27.7. The number of unbranched alkanes of at least 4 members (excludes halogenated alkanes) is 4. The number of ether oxygens (including phenoxy) is 8. The van der Waals surface area contributed by atoms with E-state index < -0.39 is 6.09 Å². The molecule has 46 heavy (non-hydrogen) atoms. The summed E-state index contributed by atoms with van der Waals surface area (Å²) in [5, 5.41) is 2.75. The molecule has 1 amide bonds. The smallest absolute Gasteiger partial charge is 0.407 e. The van der Waals surface area contributed by atoms with Gasteiger partial charge in [0.2, 0.25) is 0 Å². The molecule has 10 nitrogen and oxygen atoms in total. The third-order valence-electron chi connectivity index (χ3n) is 7.48. The first-order valence-corrected chi connectivity index (χ1v) is 16.9. The maximum atomic E-state index is 12.2. The van der Waals surface area contributed by atoms with Gasteiger partial charge in [0, 0.05) is 19.1 Å². The highest BCUT2D eigenvalue weighted by Gasteiger charge is 2.28. The molecule has 0 heterocycles. The number of amides is 1. The normalized spacial score (nSPS) is 12.3. The Morgan fingerprint density at radius 1 is 0.543 bits per heavy atom. The summed E-state index contributed by atoms with van der Waals surface area (Å²) in [7, 11) is 0. The third-order valence-corrected chi connectivity index (χ3v) is 7.48. The average Bonchev–Trinajstić information content (AvgIpc) is 3.40. The molecule has 10 heteroatoms. The molecule has 0 aliphatic heterocycles. The van der Waals surface area contributed by atoms with Gasteiger partial charge >= 0.3 is 6.09 Å². The minimum absolute atomic E-state index is 0.0455. The van der Waals surface area contributed by atoms with Crippen molar-refractivity contribution in [1.82, 2.24) is 5.32 Å². The molecule has 0 aromatic heterocycles. The van der Waals surface area contributed by atoms with E-state index in [1.807, 2.05) is 24.3 Å². The summed E-state index contributed by atoms with van der Waals surface area (Å²) in [5.41, 5.74) is 4.80. The molecule has 1 aliphatic rings. The number of nitrogens with one attached hydrogen (secondary N) is 1. The molecule has 258 valence electrons. The molecule has 1 N–H and O–H groups in total. The molecule has 0 saturated heterocycles. The highest BCUT2D eigenvalue weighted by atomic mass is 16.6. The van der Waals surface area contributed by atoms with Crippen molar-refractivity contribution in [3.63, 3.8) is 0 Å². The number of rotatable bonds is 29. The minimum Gasteiger partial charge on any atom is -0.449 e. The molecular formula is C36H55NO9. The summed E-state index contributed by atoms with van der Waals surface area (Å²) in [6.07, 6.45) is 5.82. The van der Waals surface area contributed by atoms with E-state index in [1.165, 1.54) is 47.9 Å². The largest absolute Gasteiger partial charge is 0.449 e. The van der Waals surface area contributed by atoms with Crippen LogP contribution in [-0.2, 0) is 37.9 Å². The van der Waals surface area contributed by atoms with Crippen LogP contribution in [0.5, 0.6) is 0 Å². The molecule has 0 radical (unpaired) electrons. The van der Waals surface area contributed by atoms with Crippen LogP contribution in [0, 0.1) is 0 Å². The highest BCUT2D eigenvalue weighted by Crippen LogP contribution is 2.44. The van der Waals surface area contributed by atoms with E-state index in [9.17, 15) is 4.79 Å². The van der Waals surface area contributed by atoms with Gasteiger partial charge in [0.25, 0.3) is 0 Å². The third kappa shape index (κ3) is 15.8. The molecule has 0 atom stereocenters. The monoisotopic (exact) mass is 645 g/mol. The molecule has 3 rings (SSSR count). The second-order valence-corrected chi connectivity index (χ2v) is 11.0. The zero-order chi connectivity index (χ0) is 32.3.